The molecule has 0 unspecified atom stereocenters. The van der Waals surface area contributed by atoms with Gasteiger partial charge in [-0.1, -0.05) is 13.8 Å². The van der Waals surface area contributed by atoms with E-state index in [1.807, 2.05) is 0 Å². The van der Waals surface area contributed by atoms with Crippen LogP contribution in [-0.4, -0.2) is 37.0 Å². The Morgan fingerprint density at radius 1 is 1.57 bits per heavy atom. The summed E-state index contributed by atoms with van der Waals surface area (Å²) < 4.78 is 4.52. The van der Waals surface area contributed by atoms with Gasteiger partial charge in [0.25, 0.3) is 0 Å². The van der Waals surface area contributed by atoms with E-state index in [-0.39, 0.29) is 23.8 Å². The average molecular weight is 199 g/mol. The Balaban J connectivity index is 2.50. The molecule has 80 valence electrons. The first-order valence-corrected chi connectivity index (χ1v) is 4.79. The Kier molecular flexibility index (Phi) is 3.13. The number of amides is 1. The monoisotopic (exact) mass is 199 g/mol. The predicted molar refractivity (Wildman–Crippen MR) is 51.6 cm³/mol. The first-order valence-electron chi connectivity index (χ1n) is 4.79. The Morgan fingerprint density at radius 2 is 2.21 bits per heavy atom. The highest BCUT2D eigenvalue weighted by atomic mass is 16.5. The summed E-state index contributed by atoms with van der Waals surface area (Å²) in [6.45, 7) is 4.88. The Hall–Kier alpha value is -1.06. The number of esters is 1. The van der Waals surface area contributed by atoms with E-state index in [9.17, 15) is 9.59 Å². The van der Waals surface area contributed by atoms with E-state index in [4.69, 9.17) is 0 Å². The molecule has 1 heterocycles. The van der Waals surface area contributed by atoms with Crippen molar-refractivity contribution >= 4 is 11.9 Å². The quantitative estimate of drug-likeness (QED) is 0.618. The molecular formula is C10H17NO3. The minimum absolute atomic E-state index is 0.0478. The van der Waals surface area contributed by atoms with Crippen LogP contribution in [0.3, 0.4) is 0 Å². The lowest BCUT2D eigenvalue weighted by Gasteiger charge is -2.35. The summed E-state index contributed by atoms with van der Waals surface area (Å²) in [6.07, 6.45) is 1.46. The SMILES string of the molecule is COC(=O)CN1CCC(C)(C)CC1=O. The molecule has 1 saturated heterocycles. The normalized spacial score (nSPS) is 20.8. The van der Waals surface area contributed by atoms with E-state index < -0.39 is 0 Å². The number of nitrogens with zero attached hydrogens (tertiary/aromatic N) is 1. The first kappa shape index (κ1) is 11.0. The summed E-state index contributed by atoms with van der Waals surface area (Å²) in [7, 11) is 1.33. The van der Waals surface area contributed by atoms with Crippen molar-refractivity contribution < 1.29 is 14.3 Å². The third-order valence-electron chi connectivity index (χ3n) is 2.59. The molecule has 1 rings (SSSR count). The van der Waals surface area contributed by atoms with E-state index in [0.717, 1.165) is 6.42 Å². The van der Waals surface area contributed by atoms with Crippen molar-refractivity contribution in [1.29, 1.82) is 0 Å². The van der Waals surface area contributed by atoms with Crippen molar-refractivity contribution in [1.82, 2.24) is 4.90 Å². The first-order chi connectivity index (χ1) is 6.44. The second-order valence-corrected chi connectivity index (χ2v) is 4.48. The molecule has 1 fully saturated rings. The molecular weight excluding hydrogens is 182 g/mol. The zero-order valence-electron chi connectivity index (χ0n) is 9.00. The lowest BCUT2D eigenvalue weighted by atomic mass is 9.82. The van der Waals surface area contributed by atoms with Gasteiger partial charge in [0.15, 0.2) is 0 Å². The summed E-state index contributed by atoms with van der Waals surface area (Å²) >= 11 is 0. The number of ether oxygens (including phenoxy) is 1. The minimum atomic E-state index is -0.349. The molecule has 0 spiro atoms. The summed E-state index contributed by atoms with van der Waals surface area (Å²) in [5.74, 6) is -0.301. The van der Waals surface area contributed by atoms with E-state index >= 15 is 0 Å². The van der Waals surface area contributed by atoms with Gasteiger partial charge in [-0.2, -0.15) is 0 Å². The maximum absolute atomic E-state index is 11.6. The number of hydrogen-bond acceptors (Lipinski definition) is 3. The number of methoxy groups -OCH3 is 1. The molecule has 0 aromatic rings. The predicted octanol–water partition coefficient (Wildman–Crippen LogP) is 0.808. The minimum Gasteiger partial charge on any atom is -0.468 e. The Bertz CT molecular complexity index is 248. The van der Waals surface area contributed by atoms with Crippen LogP contribution in [0.1, 0.15) is 26.7 Å². The molecule has 1 amide bonds. The van der Waals surface area contributed by atoms with Gasteiger partial charge in [-0.25, -0.2) is 0 Å². The van der Waals surface area contributed by atoms with Crippen molar-refractivity contribution in [2.75, 3.05) is 20.2 Å². The highest BCUT2D eigenvalue weighted by Gasteiger charge is 2.32. The molecule has 4 heteroatoms. The van der Waals surface area contributed by atoms with Crippen LogP contribution < -0.4 is 0 Å². The fraction of sp³-hybridized carbons (Fsp3) is 0.800. The van der Waals surface area contributed by atoms with Gasteiger partial charge < -0.3 is 9.64 Å². The number of carbonyl (C=O) groups is 2. The molecule has 1 aliphatic rings. The zero-order valence-corrected chi connectivity index (χ0v) is 9.00. The van der Waals surface area contributed by atoms with Gasteiger partial charge in [0.2, 0.25) is 5.91 Å². The summed E-state index contributed by atoms with van der Waals surface area (Å²) in [5, 5.41) is 0. The largest absolute Gasteiger partial charge is 0.468 e. The van der Waals surface area contributed by atoms with Gasteiger partial charge in [0, 0.05) is 13.0 Å². The van der Waals surface area contributed by atoms with Gasteiger partial charge in [0.1, 0.15) is 6.54 Å². The van der Waals surface area contributed by atoms with Crippen LogP contribution in [-0.2, 0) is 14.3 Å². The standard InChI is InChI=1S/C10H17NO3/c1-10(2)4-5-11(8(12)6-10)7-9(13)14-3/h4-7H2,1-3H3. The van der Waals surface area contributed by atoms with Gasteiger partial charge in [0.05, 0.1) is 7.11 Å². The maximum Gasteiger partial charge on any atom is 0.325 e. The molecule has 1 aliphatic heterocycles. The van der Waals surface area contributed by atoms with Crippen LogP contribution in [0.2, 0.25) is 0 Å². The molecule has 0 N–H and O–H groups in total. The summed E-state index contributed by atoms with van der Waals surface area (Å²) in [6, 6.07) is 0. The molecule has 0 bridgehead atoms. The fourth-order valence-corrected chi connectivity index (χ4v) is 1.56. The molecule has 0 saturated carbocycles. The van der Waals surface area contributed by atoms with Gasteiger partial charge in [-0.05, 0) is 11.8 Å². The third kappa shape index (κ3) is 2.72. The molecule has 0 radical (unpaired) electrons. The van der Waals surface area contributed by atoms with Crippen LogP contribution in [0.5, 0.6) is 0 Å². The van der Waals surface area contributed by atoms with E-state index in [1.54, 1.807) is 4.90 Å². The zero-order chi connectivity index (χ0) is 10.8. The van der Waals surface area contributed by atoms with Gasteiger partial charge >= 0.3 is 5.97 Å². The maximum atomic E-state index is 11.6. The van der Waals surface area contributed by atoms with Crippen LogP contribution in [0.25, 0.3) is 0 Å². The second kappa shape index (κ2) is 3.98. The molecule has 0 aromatic carbocycles. The molecule has 14 heavy (non-hydrogen) atoms. The summed E-state index contributed by atoms with van der Waals surface area (Å²) in [5.41, 5.74) is 0.0731. The van der Waals surface area contributed by atoms with Gasteiger partial charge in [-0.3, -0.25) is 9.59 Å². The number of carbonyl (C=O) groups excluding carboxylic acids is 2. The fourth-order valence-electron chi connectivity index (χ4n) is 1.56. The van der Waals surface area contributed by atoms with Crippen LogP contribution in [0.4, 0.5) is 0 Å². The van der Waals surface area contributed by atoms with Crippen molar-refractivity contribution in [2.24, 2.45) is 5.41 Å². The topological polar surface area (TPSA) is 46.6 Å². The van der Waals surface area contributed by atoms with Gasteiger partial charge in [-0.15, -0.1) is 0 Å². The molecule has 0 aliphatic carbocycles. The number of likely N-dealkylation sites (tertiary alicyclic amines) is 1. The number of rotatable bonds is 2. The third-order valence-corrected chi connectivity index (χ3v) is 2.59. The Morgan fingerprint density at radius 3 is 2.71 bits per heavy atom. The van der Waals surface area contributed by atoms with E-state index in [1.165, 1.54) is 7.11 Å². The molecule has 0 aromatic heterocycles. The highest BCUT2D eigenvalue weighted by molar-refractivity contribution is 5.83. The van der Waals surface area contributed by atoms with Crippen LogP contribution in [0.15, 0.2) is 0 Å². The van der Waals surface area contributed by atoms with Crippen molar-refractivity contribution in [3.8, 4) is 0 Å². The lowest BCUT2D eigenvalue weighted by Crippen LogP contribution is -2.44. The average Bonchev–Trinajstić information content (AvgIpc) is 2.09. The van der Waals surface area contributed by atoms with Crippen LogP contribution >= 0.6 is 0 Å². The van der Waals surface area contributed by atoms with Crippen LogP contribution in [0, 0.1) is 5.41 Å². The van der Waals surface area contributed by atoms with Crippen molar-refractivity contribution in [3.63, 3.8) is 0 Å². The molecule has 0 atom stereocenters. The van der Waals surface area contributed by atoms with E-state index in [0.29, 0.717) is 13.0 Å². The Labute approximate surface area is 84.2 Å². The molecule has 4 nitrogen and oxygen atoms in total. The van der Waals surface area contributed by atoms with Crippen molar-refractivity contribution in [3.05, 3.63) is 0 Å². The second-order valence-electron chi connectivity index (χ2n) is 4.48. The number of piperidine rings is 1. The summed E-state index contributed by atoms with van der Waals surface area (Å²) in [4.78, 5) is 24.1. The number of hydrogen-bond donors (Lipinski definition) is 0. The van der Waals surface area contributed by atoms with E-state index in [2.05, 4.69) is 18.6 Å². The van der Waals surface area contributed by atoms with Crippen molar-refractivity contribution in [2.45, 2.75) is 26.7 Å². The lowest BCUT2D eigenvalue weighted by molar-refractivity contribution is -0.149. The highest BCUT2D eigenvalue weighted by Crippen LogP contribution is 2.30. The smallest absolute Gasteiger partial charge is 0.325 e.